The second-order valence-corrected chi connectivity index (χ2v) is 5.17. The fourth-order valence-electron chi connectivity index (χ4n) is 2.43. The van der Waals surface area contributed by atoms with E-state index in [2.05, 4.69) is 20.5 Å². The zero-order valence-electron chi connectivity index (χ0n) is 13.4. The van der Waals surface area contributed by atoms with Crippen LogP contribution in [0, 0.1) is 5.92 Å². The normalized spacial score (nSPS) is 15.5. The van der Waals surface area contributed by atoms with Crippen LogP contribution >= 0.6 is 0 Å². The van der Waals surface area contributed by atoms with Crippen molar-refractivity contribution in [1.29, 1.82) is 0 Å². The average Bonchev–Trinajstić information content (AvgIpc) is 3.07. The Bertz CT molecular complexity index is 432. The van der Waals surface area contributed by atoms with Crippen molar-refractivity contribution in [3.63, 3.8) is 0 Å². The van der Waals surface area contributed by atoms with E-state index in [0.717, 1.165) is 39.1 Å². The Balaban J connectivity index is 0.000000816. The van der Waals surface area contributed by atoms with E-state index < -0.39 is 0 Å². The molecule has 2 heterocycles. The van der Waals surface area contributed by atoms with Gasteiger partial charge in [0.25, 0.3) is 6.47 Å². The zero-order valence-corrected chi connectivity index (χ0v) is 13.4. The Kier molecular flexibility index (Phi) is 9.57. The van der Waals surface area contributed by atoms with Crippen molar-refractivity contribution in [2.75, 3.05) is 39.9 Å². The van der Waals surface area contributed by atoms with Crippen molar-refractivity contribution in [1.82, 2.24) is 25.2 Å². The van der Waals surface area contributed by atoms with Gasteiger partial charge >= 0.3 is 0 Å². The van der Waals surface area contributed by atoms with Gasteiger partial charge < -0.3 is 20.1 Å². The van der Waals surface area contributed by atoms with Crippen LogP contribution in [0.25, 0.3) is 0 Å². The highest BCUT2D eigenvalue weighted by Gasteiger charge is 2.24. The van der Waals surface area contributed by atoms with E-state index >= 15 is 0 Å². The molecule has 0 aromatic carbocycles. The van der Waals surface area contributed by atoms with E-state index in [1.54, 1.807) is 24.2 Å². The topological polar surface area (TPSA) is 110 Å². The van der Waals surface area contributed by atoms with E-state index in [-0.39, 0.29) is 18.3 Å². The fourth-order valence-corrected chi connectivity index (χ4v) is 2.43. The highest BCUT2D eigenvalue weighted by molar-refractivity contribution is 5.78. The van der Waals surface area contributed by atoms with E-state index in [9.17, 15) is 4.79 Å². The van der Waals surface area contributed by atoms with Gasteiger partial charge in [0.15, 0.2) is 0 Å². The molecule has 1 aromatic heterocycles. The summed E-state index contributed by atoms with van der Waals surface area (Å²) in [4.78, 5) is 22.8. The number of likely N-dealkylation sites (tertiary alicyclic amines) is 1. The van der Waals surface area contributed by atoms with Crippen molar-refractivity contribution in [2.24, 2.45) is 5.92 Å². The third kappa shape index (κ3) is 7.71. The summed E-state index contributed by atoms with van der Waals surface area (Å²) >= 11 is 0. The number of hydrogen-bond acceptors (Lipinski definition) is 6. The minimum Gasteiger partial charge on any atom is -0.483 e. The van der Waals surface area contributed by atoms with Gasteiger partial charge in [-0.3, -0.25) is 14.3 Å². The van der Waals surface area contributed by atoms with Crippen molar-refractivity contribution < 1.29 is 19.4 Å². The summed E-state index contributed by atoms with van der Waals surface area (Å²) in [6.45, 7) is 4.69. The van der Waals surface area contributed by atoms with Crippen LogP contribution < -0.4 is 5.32 Å². The minimum atomic E-state index is -0.250. The second-order valence-electron chi connectivity index (χ2n) is 5.17. The van der Waals surface area contributed by atoms with Gasteiger partial charge in [0, 0.05) is 32.3 Å². The quantitative estimate of drug-likeness (QED) is 0.647. The molecule has 0 aliphatic carbocycles. The Morgan fingerprint density at radius 2 is 2.13 bits per heavy atom. The molecule has 1 saturated heterocycles. The number of nitrogens with one attached hydrogen (secondary N) is 1. The molecular weight excluding hydrogens is 302 g/mol. The van der Waals surface area contributed by atoms with Gasteiger partial charge in [-0.25, -0.2) is 0 Å². The van der Waals surface area contributed by atoms with Gasteiger partial charge in [0.1, 0.15) is 0 Å². The SMILES string of the molecule is COCCN1CCC(C(=O)NCCn2ccnn2)CC1.O=CO. The van der Waals surface area contributed by atoms with Gasteiger partial charge in [0.2, 0.25) is 5.91 Å². The Hall–Kier alpha value is -2.00. The number of rotatable bonds is 7. The molecule has 0 atom stereocenters. The number of aromatic nitrogens is 3. The predicted molar refractivity (Wildman–Crippen MR) is 82.8 cm³/mol. The lowest BCUT2D eigenvalue weighted by atomic mass is 9.96. The first-order valence-corrected chi connectivity index (χ1v) is 7.62. The summed E-state index contributed by atoms with van der Waals surface area (Å²) in [7, 11) is 1.72. The third-order valence-corrected chi connectivity index (χ3v) is 3.68. The molecule has 0 spiro atoms. The molecule has 0 radical (unpaired) electrons. The molecule has 23 heavy (non-hydrogen) atoms. The molecule has 0 bridgehead atoms. The maximum atomic E-state index is 12.0. The Labute approximate surface area is 135 Å². The summed E-state index contributed by atoms with van der Waals surface area (Å²) in [6.07, 6.45) is 5.29. The molecule has 1 aliphatic rings. The van der Waals surface area contributed by atoms with Gasteiger partial charge in [0.05, 0.1) is 19.3 Å². The van der Waals surface area contributed by atoms with Crippen molar-refractivity contribution >= 4 is 12.4 Å². The molecule has 9 nitrogen and oxygen atoms in total. The first kappa shape index (κ1) is 19.0. The van der Waals surface area contributed by atoms with Crippen LogP contribution in [0.15, 0.2) is 12.4 Å². The van der Waals surface area contributed by atoms with Crippen LogP contribution in [0.1, 0.15) is 12.8 Å². The van der Waals surface area contributed by atoms with Crippen LogP contribution in [-0.4, -0.2) is 77.3 Å². The summed E-state index contributed by atoms with van der Waals surface area (Å²) < 4.78 is 6.79. The monoisotopic (exact) mass is 327 g/mol. The number of hydrogen-bond donors (Lipinski definition) is 2. The molecule has 2 N–H and O–H groups in total. The lowest BCUT2D eigenvalue weighted by molar-refractivity contribution is -0.126. The summed E-state index contributed by atoms with van der Waals surface area (Å²) in [5.74, 6) is 0.307. The van der Waals surface area contributed by atoms with Gasteiger partial charge in [-0.2, -0.15) is 0 Å². The molecule has 1 aromatic rings. The molecule has 0 unspecified atom stereocenters. The second kappa shape index (κ2) is 11.6. The number of piperidine rings is 1. The number of carbonyl (C=O) groups excluding carboxylic acids is 1. The zero-order chi connectivity index (χ0) is 16.9. The van der Waals surface area contributed by atoms with E-state index in [1.807, 2.05) is 0 Å². The highest BCUT2D eigenvalue weighted by atomic mass is 16.5. The van der Waals surface area contributed by atoms with Gasteiger partial charge in [-0.05, 0) is 25.9 Å². The Morgan fingerprint density at radius 1 is 1.43 bits per heavy atom. The molecule has 2 rings (SSSR count). The largest absolute Gasteiger partial charge is 0.483 e. The lowest BCUT2D eigenvalue weighted by Gasteiger charge is -2.30. The van der Waals surface area contributed by atoms with Gasteiger partial charge in [-0.15, -0.1) is 5.10 Å². The van der Waals surface area contributed by atoms with Crippen LogP contribution in [0.4, 0.5) is 0 Å². The average molecular weight is 327 g/mol. The van der Waals surface area contributed by atoms with E-state index in [1.165, 1.54) is 0 Å². The maximum Gasteiger partial charge on any atom is 0.290 e. The number of nitrogens with zero attached hydrogens (tertiary/aromatic N) is 4. The molecular formula is C14H25N5O4. The van der Waals surface area contributed by atoms with E-state index in [4.69, 9.17) is 14.6 Å². The molecule has 0 saturated carbocycles. The van der Waals surface area contributed by atoms with Crippen LogP contribution in [-0.2, 0) is 20.9 Å². The first-order valence-electron chi connectivity index (χ1n) is 7.62. The summed E-state index contributed by atoms with van der Waals surface area (Å²) in [5, 5.41) is 17.5. The highest BCUT2D eigenvalue weighted by Crippen LogP contribution is 2.16. The van der Waals surface area contributed by atoms with Gasteiger partial charge in [-0.1, -0.05) is 5.21 Å². The molecule has 1 amide bonds. The van der Waals surface area contributed by atoms with Crippen molar-refractivity contribution in [2.45, 2.75) is 19.4 Å². The fraction of sp³-hybridized carbons (Fsp3) is 0.714. The molecule has 130 valence electrons. The number of carbonyl (C=O) groups is 2. The number of amides is 1. The number of methoxy groups -OCH3 is 1. The standard InChI is InChI=1S/C13H23N5O2.CH2O2/c1-20-11-10-17-6-2-12(3-7-17)13(19)14-4-8-18-9-5-15-16-18;2-1-3/h5,9,12H,2-4,6-8,10-11H2,1H3,(H,14,19);1H,(H,2,3). The number of ether oxygens (including phenoxy) is 1. The van der Waals surface area contributed by atoms with Crippen LogP contribution in [0.3, 0.4) is 0 Å². The Morgan fingerprint density at radius 3 is 2.70 bits per heavy atom. The molecule has 1 aliphatic heterocycles. The summed E-state index contributed by atoms with van der Waals surface area (Å²) in [5.41, 5.74) is 0. The van der Waals surface area contributed by atoms with Crippen LogP contribution in [0.2, 0.25) is 0 Å². The molecule has 1 fully saturated rings. The maximum absolute atomic E-state index is 12.0. The predicted octanol–water partition coefficient (Wildman–Crippen LogP) is -0.546. The van der Waals surface area contributed by atoms with Crippen molar-refractivity contribution in [3.8, 4) is 0 Å². The van der Waals surface area contributed by atoms with Crippen LogP contribution in [0.5, 0.6) is 0 Å². The smallest absolute Gasteiger partial charge is 0.290 e. The molecule has 9 heteroatoms. The first-order chi connectivity index (χ1) is 11.2. The minimum absolute atomic E-state index is 0.143. The van der Waals surface area contributed by atoms with Crippen molar-refractivity contribution in [3.05, 3.63) is 12.4 Å². The lowest BCUT2D eigenvalue weighted by Crippen LogP contribution is -2.42. The summed E-state index contributed by atoms with van der Waals surface area (Å²) in [6, 6.07) is 0. The third-order valence-electron chi connectivity index (χ3n) is 3.68. The number of carboxylic acid groups (broad SMARTS) is 1. The van der Waals surface area contributed by atoms with E-state index in [0.29, 0.717) is 13.1 Å².